The molecule has 18 nitrogen and oxygen atoms in total. The van der Waals surface area contributed by atoms with E-state index in [0.717, 1.165) is 17.0 Å². The third kappa shape index (κ3) is 16.5. The molecule has 2 aromatic rings. The lowest BCUT2D eigenvalue weighted by molar-refractivity contribution is -0.245. The molecule has 0 spiro atoms. The number of ketones is 3. The number of aromatic nitrogens is 1. The predicted molar refractivity (Wildman–Crippen MR) is 315 cm³/mol. The summed E-state index contributed by atoms with van der Waals surface area (Å²) in [6, 6.07) is 13.8. The van der Waals surface area contributed by atoms with Crippen LogP contribution in [0.1, 0.15) is 145 Å². The van der Waals surface area contributed by atoms with E-state index in [9.17, 15) is 39.0 Å². The number of hydroxylamine groups is 1. The highest BCUT2D eigenvalue weighted by Gasteiger charge is 2.50. The minimum absolute atomic E-state index is 0.0147. The summed E-state index contributed by atoms with van der Waals surface area (Å²) in [7, 11) is 4.54. The third-order valence-corrected chi connectivity index (χ3v) is 18.1. The van der Waals surface area contributed by atoms with Gasteiger partial charge in [0.05, 0.1) is 35.5 Å². The number of allylic oxidation sites excluding steroid dienone is 1. The van der Waals surface area contributed by atoms with Crippen LogP contribution >= 0.6 is 0 Å². The largest absolute Gasteiger partial charge is 0.460 e. The number of pyridine rings is 1. The van der Waals surface area contributed by atoms with Gasteiger partial charge < -0.3 is 43.5 Å². The highest BCUT2D eigenvalue weighted by Crippen LogP contribution is 2.39. The number of Topliss-reactive ketones (excluding diaryl/α,β-unsaturated/α-hetero) is 3. The van der Waals surface area contributed by atoms with Gasteiger partial charge in [-0.2, -0.15) is 0 Å². The Labute approximate surface area is 497 Å². The Balaban J connectivity index is 1.16. The van der Waals surface area contributed by atoms with Crippen LogP contribution in [0.4, 0.5) is 5.69 Å². The standard InChI is InChI=1S/C66H93N3O15/c1-40-32-44(5)58(71)60(80-11)59(72)45(6)33-41(2)53(70)38-56(42(3)34-46-25-28-54(57(36-46)79-10)82-64(76)65(7,8)39-47-20-15-17-30-67-47)81-63(75)52-24-16-18-31-68(52)62(74)61(73)66(77)29-19-23-49(83-66)37-55(78-9)43(4)35-50-26-27-51(40)69(84-50)48-21-13-12-14-22-48/h12-15,17,20-22,26-27,30,33,35,40-42,44,46,49-52,54-57,59-60,72,77H,16,18-19,23-25,28-29,31-32,34,36-39H2,1-11H3/b43-35?,45-33+/t40-,41+,42+,44+,46-,49-,50?,51?,52-,54+,55-,56-,57+,59+,60-,66+/m0/s1. The molecule has 0 radical (unpaired) electrons. The topological polar surface area (TPSA) is 227 Å². The number of nitrogens with zero attached hydrogens (tertiary/aromatic N) is 3. The number of carbonyl (C=O) groups is 6. The van der Waals surface area contributed by atoms with Crippen molar-refractivity contribution in [1.29, 1.82) is 0 Å². The molecule has 1 aliphatic carbocycles. The van der Waals surface area contributed by atoms with E-state index in [1.165, 1.54) is 12.0 Å². The van der Waals surface area contributed by atoms with Crippen molar-refractivity contribution in [2.75, 3.05) is 32.9 Å². The fraction of sp³-hybridized carbons (Fsp3) is 0.652. The summed E-state index contributed by atoms with van der Waals surface area (Å²) in [6.07, 6.45) is 8.02. The van der Waals surface area contributed by atoms with Crippen molar-refractivity contribution in [3.05, 3.63) is 95.9 Å². The van der Waals surface area contributed by atoms with Gasteiger partial charge in [-0.05, 0) is 151 Å². The van der Waals surface area contributed by atoms with Gasteiger partial charge in [-0.15, -0.1) is 0 Å². The van der Waals surface area contributed by atoms with E-state index in [-0.39, 0.29) is 67.6 Å². The number of anilines is 1. The molecule has 1 saturated carbocycles. The van der Waals surface area contributed by atoms with Crippen molar-refractivity contribution in [1.82, 2.24) is 9.88 Å². The first-order valence-corrected chi connectivity index (χ1v) is 30.4. The van der Waals surface area contributed by atoms with Crippen LogP contribution in [0.2, 0.25) is 0 Å². The first-order valence-electron chi connectivity index (χ1n) is 30.4. The fourth-order valence-electron chi connectivity index (χ4n) is 13.0. The van der Waals surface area contributed by atoms with Crippen LogP contribution < -0.4 is 5.06 Å². The molecule has 8 rings (SSSR count). The van der Waals surface area contributed by atoms with Crippen LogP contribution in [0.25, 0.3) is 0 Å². The van der Waals surface area contributed by atoms with E-state index >= 15 is 0 Å². The van der Waals surface area contributed by atoms with Crippen LogP contribution in [0.15, 0.2) is 90.2 Å². The first kappa shape index (κ1) is 66.1. The average Bonchev–Trinajstić information content (AvgIpc) is 2.90. The second-order valence-electron chi connectivity index (χ2n) is 25.2. The zero-order chi connectivity index (χ0) is 61.0. The van der Waals surface area contributed by atoms with Gasteiger partial charge in [0.25, 0.3) is 11.7 Å². The number of aliphatic hydroxyl groups is 2. The van der Waals surface area contributed by atoms with Gasteiger partial charge in [0.15, 0.2) is 5.78 Å². The van der Waals surface area contributed by atoms with Crippen molar-refractivity contribution in [2.45, 2.75) is 212 Å². The monoisotopic (exact) mass is 1170 g/mol. The molecule has 462 valence electrons. The number of methoxy groups -OCH3 is 3. The number of esters is 2. The van der Waals surface area contributed by atoms with Gasteiger partial charge in [-0.25, -0.2) is 9.86 Å². The third-order valence-electron chi connectivity index (χ3n) is 18.1. The van der Waals surface area contributed by atoms with Crippen molar-refractivity contribution in [2.24, 2.45) is 35.0 Å². The summed E-state index contributed by atoms with van der Waals surface area (Å²) in [5.41, 5.74) is 1.90. The molecule has 3 fully saturated rings. The van der Waals surface area contributed by atoms with Crippen LogP contribution in [0, 0.1) is 35.0 Å². The van der Waals surface area contributed by atoms with Crippen molar-refractivity contribution < 1.29 is 72.2 Å². The average molecular weight is 1170 g/mol. The Bertz CT molecular complexity index is 2660. The number of carbonyl (C=O) groups excluding carboxylic acids is 6. The van der Waals surface area contributed by atoms with E-state index in [0.29, 0.717) is 69.8 Å². The Kier molecular flexibility index (Phi) is 23.4. The van der Waals surface area contributed by atoms with Crippen LogP contribution in [0.5, 0.6) is 0 Å². The SMILES string of the molecule is CO[C@H]1C[C@@H]2CCC[C@@](O)(O2)C(=O)C(=O)N2CCCC[C@H]2C(=O)O[C@H]([C@H](C)C[C@@H]2CC[C@@H](OC(=O)C(C)(C)Cc3ccccn3)[C@H](OC)C2)CC(=O)[C@H](C)/C=C(\C)[C@@H](O)[C@@H](OC)C(=O)[C@H](C)C[C@H](C)C2C=CC(C=C1C)ON2c1ccccc1. The zero-order valence-electron chi connectivity index (χ0n) is 51.3. The summed E-state index contributed by atoms with van der Waals surface area (Å²) in [6.45, 7) is 14.8. The maximum absolute atomic E-state index is 14.7. The molecule has 2 N–H and O–H groups in total. The molecule has 6 aliphatic rings. The number of aliphatic hydroxyl groups excluding tert-OH is 1. The normalized spacial score (nSPS) is 34.2. The second-order valence-corrected chi connectivity index (χ2v) is 25.2. The fourth-order valence-corrected chi connectivity index (χ4v) is 13.0. The highest BCUT2D eigenvalue weighted by atomic mass is 16.7. The molecule has 5 aliphatic heterocycles. The van der Waals surface area contributed by atoms with Gasteiger partial charge in [0.1, 0.15) is 42.3 Å². The van der Waals surface area contributed by atoms with E-state index in [2.05, 4.69) is 11.1 Å². The summed E-state index contributed by atoms with van der Waals surface area (Å²) in [4.78, 5) is 98.4. The lowest BCUT2D eigenvalue weighted by Crippen LogP contribution is -2.58. The van der Waals surface area contributed by atoms with Crippen LogP contribution in [-0.4, -0.2) is 150 Å². The molecule has 18 heteroatoms. The molecule has 1 amide bonds. The maximum atomic E-state index is 14.7. The minimum Gasteiger partial charge on any atom is -0.460 e. The Morgan fingerprint density at radius 3 is 2.27 bits per heavy atom. The number of hydrogen-bond donors (Lipinski definition) is 2. The van der Waals surface area contributed by atoms with Gasteiger partial charge in [-0.1, -0.05) is 70.2 Å². The van der Waals surface area contributed by atoms with E-state index in [4.69, 9.17) is 33.3 Å². The number of para-hydroxylation sites is 1. The second kappa shape index (κ2) is 29.8. The Morgan fingerprint density at radius 2 is 1.58 bits per heavy atom. The smallest absolute Gasteiger partial charge is 0.329 e. The molecule has 2 unspecified atom stereocenters. The maximum Gasteiger partial charge on any atom is 0.329 e. The number of ether oxygens (including phenoxy) is 6. The summed E-state index contributed by atoms with van der Waals surface area (Å²) in [5.74, 6) is -8.33. The Morgan fingerprint density at radius 1 is 0.845 bits per heavy atom. The molecular weight excluding hydrogens is 1070 g/mol. The summed E-state index contributed by atoms with van der Waals surface area (Å²) >= 11 is 0. The Hall–Kier alpha value is -5.47. The van der Waals surface area contributed by atoms with Crippen LogP contribution in [-0.2, 0) is 68.4 Å². The van der Waals surface area contributed by atoms with Gasteiger partial charge in [0.2, 0.25) is 5.79 Å². The molecule has 1 aromatic carbocycles. The highest BCUT2D eigenvalue weighted by molar-refractivity contribution is 6.39. The first-order chi connectivity index (χ1) is 40.0. The number of rotatable bonds is 11. The molecular formula is C66H93N3O15. The quantitative estimate of drug-likeness (QED) is 0.122. The summed E-state index contributed by atoms with van der Waals surface area (Å²) < 4.78 is 36.5. The van der Waals surface area contributed by atoms with Crippen molar-refractivity contribution in [3.63, 3.8) is 0 Å². The van der Waals surface area contributed by atoms with Crippen molar-refractivity contribution in [3.8, 4) is 0 Å². The molecule has 6 heterocycles. The number of fused-ring (bicyclic) bond motifs is 16. The van der Waals surface area contributed by atoms with Crippen molar-refractivity contribution >= 4 is 40.9 Å². The van der Waals surface area contributed by atoms with E-state index in [1.54, 1.807) is 40.3 Å². The predicted octanol–water partition coefficient (Wildman–Crippen LogP) is 8.78. The minimum atomic E-state index is -2.46. The summed E-state index contributed by atoms with van der Waals surface area (Å²) in [5, 5.41) is 25.7. The number of piperidine rings is 1. The molecule has 1 aromatic heterocycles. The molecule has 4 bridgehead atoms. The van der Waals surface area contributed by atoms with Gasteiger partial charge in [-0.3, -0.25) is 33.8 Å². The van der Waals surface area contributed by atoms with Crippen LogP contribution in [0.3, 0.4) is 0 Å². The lowest BCUT2D eigenvalue weighted by Gasteiger charge is -2.40. The van der Waals surface area contributed by atoms with Gasteiger partial charge in [0, 0.05) is 77.3 Å². The molecule has 84 heavy (non-hydrogen) atoms. The van der Waals surface area contributed by atoms with E-state index in [1.807, 2.05) is 107 Å². The molecule has 2 saturated heterocycles. The lowest BCUT2D eigenvalue weighted by atomic mass is 9.78. The van der Waals surface area contributed by atoms with E-state index < -0.39 is 101 Å². The number of benzene rings is 1. The number of hydrogen-bond acceptors (Lipinski definition) is 17. The van der Waals surface area contributed by atoms with Gasteiger partial charge >= 0.3 is 11.9 Å². The number of amides is 1. The molecule has 16 atom stereocenters. The zero-order valence-corrected chi connectivity index (χ0v) is 51.3.